The summed E-state index contributed by atoms with van der Waals surface area (Å²) < 4.78 is 0. The highest BCUT2D eigenvalue weighted by molar-refractivity contribution is 4.86. The Morgan fingerprint density at radius 3 is 2.36 bits per heavy atom. The number of nitrogens with zero attached hydrogens (tertiary/aromatic N) is 1. The number of aliphatic hydroxyl groups excluding tert-OH is 1. The zero-order valence-corrected chi connectivity index (χ0v) is 9.87. The van der Waals surface area contributed by atoms with E-state index in [1.54, 1.807) is 0 Å². The van der Waals surface area contributed by atoms with Crippen molar-refractivity contribution in [2.45, 2.75) is 58.6 Å². The standard InChI is InChI=1S/C12H25NO/c1-4-5-12(14)9-13(8-10(2)3)11-6-7-11/h10-12,14H,4-9H2,1-3H3. The van der Waals surface area contributed by atoms with E-state index in [0.717, 1.165) is 32.0 Å². The Morgan fingerprint density at radius 2 is 1.93 bits per heavy atom. The van der Waals surface area contributed by atoms with Gasteiger partial charge in [0.1, 0.15) is 0 Å². The summed E-state index contributed by atoms with van der Waals surface area (Å²) in [7, 11) is 0. The second-order valence-electron chi connectivity index (χ2n) is 5.02. The summed E-state index contributed by atoms with van der Waals surface area (Å²) in [4.78, 5) is 2.48. The molecule has 2 nitrogen and oxygen atoms in total. The van der Waals surface area contributed by atoms with Crippen molar-refractivity contribution in [2.75, 3.05) is 13.1 Å². The molecule has 0 amide bonds. The Hall–Kier alpha value is -0.0800. The fraction of sp³-hybridized carbons (Fsp3) is 1.00. The highest BCUT2D eigenvalue weighted by Crippen LogP contribution is 2.27. The van der Waals surface area contributed by atoms with E-state index in [1.165, 1.54) is 12.8 Å². The van der Waals surface area contributed by atoms with Crippen LogP contribution in [-0.4, -0.2) is 35.2 Å². The van der Waals surface area contributed by atoms with Gasteiger partial charge in [-0.2, -0.15) is 0 Å². The molecule has 0 radical (unpaired) electrons. The van der Waals surface area contributed by atoms with Crippen LogP contribution < -0.4 is 0 Å². The minimum atomic E-state index is -0.112. The van der Waals surface area contributed by atoms with Crippen molar-refractivity contribution >= 4 is 0 Å². The summed E-state index contributed by atoms with van der Waals surface area (Å²) >= 11 is 0. The molecule has 1 rings (SSSR count). The second kappa shape index (κ2) is 5.72. The molecule has 0 saturated heterocycles. The third kappa shape index (κ3) is 4.43. The molecule has 14 heavy (non-hydrogen) atoms. The topological polar surface area (TPSA) is 23.5 Å². The molecule has 2 heteroatoms. The van der Waals surface area contributed by atoms with E-state index in [-0.39, 0.29) is 6.10 Å². The predicted octanol–water partition coefficient (Wildman–Crippen LogP) is 2.27. The highest BCUT2D eigenvalue weighted by atomic mass is 16.3. The van der Waals surface area contributed by atoms with Crippen molar-refractivity contribution in [3.05, 3.63) is 0 Å². The highest BCUT2D eigenvalue weighted by Gasteiger charge is 2.30. The van der Waals surface area contributed by atoms with E-state index in [1.807, 2.05) is 0 Å². The average Bonchev–Trinajstić information content (AvgIpc) is 2.84. The lowest BCUT2D eigenvalue weighted by Gasteiger charge is -2.26. The molecule has 0 heterocycles. The molecule has 1 fully saturated rings. The smallest absolute Gasteiger partial charge is 0.0667 e. The summed E-state index contributed by atoms with van der Waals surface area (Å²) in [5, 5.41) is 9.77. The van der Waals surface area contributed by atoms with Gasteiger partial charge >= 0.3 is 0 Å². The Morgan fingerprint density at radius 1 is 1.29 bits per heavy atom. The number of hydrogen-bond donors (Lipinski definition) is 1. The third-order valence-electron chi connectivity index (χ3n) is 2.73. The molecule has 1 aliphatic carbocycles. The van der Waals surface area contributed by atoms with E-state index in [4.69, 9.17) is 0 Å². The number of aliphatic hydroxyl groups is 1. The van der Waals surface area contributed by atoms with Crippen LogP contribution in [0.2, 0.25) is 0 Å². The maximum absolute atomic E-state index is 9.77. The van der Waals surface area contributed by atoms with Gasteiger partial charge in [-0.1, -0.05) is 27.2 Å². The minimum absolute atomic E-state index is 0.112. The molecule has 0 bridgehead atoms. The van der Waals surface area contributed by atoms with Gasteiger partial charge in [0, 0.05) is 19.1 Å². The molecule has 1 unspecified atom stereocenters. The van der Waals surface area contributed by atoms with Crippen molar-refractivity contribution in [1.82, 2.24) is 4.90 Å². The van der Waals surface area contributed by atoms with Crippen molar-refractivity contribution in [3.63, 3.8) is 0 Å². The summed E-state index contributed by atoms with van der Waals surface area (Å²) in [6.45, 7) is 8.67. The van der Waals surface area contributed by atoms with Crippen molar-refractivity contribution in [3.8, 4) is 0 Å². The van der Waals surface area contributed by atoms with E-state index < -0.39 is 0 Å². The van der Waals surface area contributed by atoms with E-state index >= 15 is 0 Å². The van der Waals surface area contributed by atoms with Crippen molar-refractivity contribution < 1.29 is 5.11 Å². The van der Waals surface area contributed by atoms with Crippen LogP contribution in [-0.2, 0) is 0 Å². The first-order valence-electron chi connectivity index (χ1n) is 6.05. The monoisotopic (exact) mass is 199 g/mol. The van der Waals surface area contributed by atoms with Crippen LogP contribution in [0.5, 0.6) is 0 Å². The maximum Gasteiger partial charge on any atom is 0.0667 e. The number of rotatable bonds is 7. The lowest BCUT2D eigenvalue weighted by atomic mass is 10.1. The van der Waals surface area contributed by atoms with Gasteiger partial charge in [-0.15, -0.1) is 0 Å². The van der Waals surface area contributed by atoms with Crippen LogP contribution in [0.15, 0.2) is 0 Å². The Bertz CT molecular complexity index is 154. The van der Waals surface area contributed by atoms with Gasteiger partial charge in [-0.3, -0.25) is 4.90 Å². The minimum Gasteiger partial charge on any atom is -0.392 e. The first-order valence-corrected chi connectivity index (χ1v) is 6.05. The lowest BCUT2D eigenvalue weighted by molar-refractivity contribution is 0.0940. The average molecular weight is 199 g/mol. The molecule has 1 N–H and O–H groups in total. The summed E-state index contributed by atoms with van der Waals surface area (Å²) in [5.41, 5.74) is 0. The molecule has 84 valence electrons. The van der Waals surface area contributed by atoms with Crippen LogP contribution in [0.25, 0.3) is 0 Å². The molecule has 0 aliphatic heterocycles. The van der Waals surface area contributed by atoms with E-state index in [9.17, 15) is 5.11 Å². The van der Waals surface area contributed by atoms with Crippen LogP contribution in [0.4, 0.5) is 0 Å². The Kier molecular flexibility index (Phi) is 4.90. The van der Waals surface area contributed by atoms with Crippen LogP contribution >= 0.6 is 0 Å². The van der Waals surface area contributed by atoms with E-state index in [2.05, 4.69) is 25.7 Å². The van der Waals surface area contributed by atoms with Gasteiger partial charge in [0.05, 0.1) is 6.10 Å². The van der Waals surface area contributed by atoms with Crippen LogP contribution in [0.3, 0.4) is 0 Å². The first-order chi connectivity index (χ1) is 6.63. The van der Waals surface area contributed by atoms with Crippen LogP contribution in [0.1, 0.15) is 46.5 Å². The molecule has 0 aromatic rings. The molecule has 0 aromatic heterocycles. The molecular formula is C12H25NO. The molecule has 0 spiro atoms. The largest absolute Gasteiger partial charge is 0.392 e. The van der Waals surface area contributed by atoms with Gasteiger partial charge < -0.3 is 5.11 Å². The fourth-order valence-electron chi connectivity index (χ4n) is 1.98. The Balaban J connectivity index is 2.27. The Labute approximate surface area is 88.3 Å². The molecule has 1 atom stereocenters. The molecule has 1 saturated carbocycles. The van der Waals surface area contributed by atoms with Crippen LogP contribution in [0, 0.1) is 5.92 Å². The van der Waals surface area contributed by atoms with Crippen molar-refractivity contribution in [1.29, 1.82) is 0 Å². The van der Waals surface area contributed by atoms with Gasteiger partial charge in [-0.05, 0) is 25.2 Å². The summed E-state index contributed by atoms with van der Waals surface area (Å²) in [6, 6.07) is 0.781. The van der Waals surface area contributed by atoms with Crippen molar-refractivity contribution in [2.24, 2.45) is 5.92 Å². The molecular weight excluding hydrogens is 174 g/mol. The van der Waals surface area contributed by atoms with Gasteiger partial charge in [0.25, 0.3) is 0 Å². The summed E-state index contributed by atoms with van der Waals surface area (Å²) in [5.74, 6) is 0.712. The van der Waals surface area contributed by atoms with E-state index in [0.29, 0.717) is 5.92 Å². The van der Waals surface area contributed by atoms with Gasteiger partial charge in [0.2, 0.25) is 0 Å². The third-order valence-corrected chi connectivity index (χ3v) is 2.73. The second-order valence-corrected chi connectivity index (χ2v) is 5.02. The summed E-state index contributed by atoms with van der Waals surface area (Å²) in [6.07, 6.45) is 4.60. The fourth-order valence-corrected chi connectivity index (χ4v) is 1.98. The maximum atomic E-state index is 9.77. The molecule has 0 aromatic carbocycles. The van der Waals surface area contributed by atoms with Gasteiger partial charge in [-0.25, -0.2) is 0 Å². The molecule has 1 aliphatic rings. The zero-order chi connectivity index (χ0) is 10.6. The number of hydrogen-bond acceptors (Lipinski definition) is 2. The SMILES string of the molecule is CCCC(O)CN(CC(C)C)C1CC1. The lowest BCUT2D eigenvalue weighted by Crippen LogP contribution is -2.36. The first kappa shape index (κ1) is 12.0. The normalized spacial score (nSPS) is 19.3. The quantitative estimate of drug-likeness (QED) is 0.680. The van der Waals surface area contributed by atoms with Gasteiger partial charge in [0.15, 0.2) is 0 Å². The predicted molar refractivity (Wildman–Crippen MR) is 60.3 cm³/mol. The zero-order valence-electron chi connectivity index (χ0n) is 9.87.